The van der Waals surface area contributed by atoms with E-state index >= 15 is 0 Å². The summed E-state index contributed by atoms with van der Waals surface area (Å²) in [7, 11) is -3.77. The molecule has 1 N–H and O–H groups in total. The van der Waals surface area contributed by atoms with Crippen molar-refractivity contribution in [3.8, 4) is 0 Å². The molecule has 4 bridgehead atoms. The normalized spacial score (nSPS) is 31.6. The van der Waals surface area contributed by atoms with Crippen molar-refractivity contribution in [2.75, 3.05) is 13.2 Å². The molecule has 0 unspecified atom stereocenters. The smallest absolute Gasteiger partial charge is 0.321 e. The predicted molar refractivity (Wildman–Crippen MR) is 98.2 cm³/mol. The van der Waals surface area contributed by atoms with Gasteiger partial charge in [-0.2, -0.15) is 4.72 Å². The summed E-state index contributed by atoms with van der Waals surface area (Å²) >= 11 is 0. The molecule has 4 aliphatic rings. The third-order valence-corrected chi connectivity index (χ3v) is 7.87. The Morgan fingerprint density at radius 1 is 1.00 bits per heavy atom. The number of benzene rings is 1. The molecule has 6 nitrogen and oxygen atoms in total. The van der Waals surface area contributed by atoms with Crippen LogP contribution in [0.4, 0.5) is 0 Å². The second-order valence-corrected chi connectivity index (χ2v) is 10.2. The van der Waals surface area contributed by atoms with Gasteiger partial charge in [0.15, 0.2) is 12.4 Å². The highest BCUT2D eigenvalue weighted by atomic mass is 32.2. The van der Waals surface area contributed by atoms with Crippen LogP contribution in [0.25, 0.3) is 0 Å². The summed E-state index contributed by atoms with van der Waals surface area (Å²) < 4.78 is 31.6. The van der Waals surface area contributed by atoms with Crippen LogP contribution in [-0.2, 0) is 24.3 Å². The van der Waals surface area contributed by atoms with Gasteiger partial charge in [0, 0.05) is 5.41 Å². The number of carbonyl (C=O) groups excluding carboxylic acids is 2. The lowest BCUT2D eigenvalue weighted by Gasteiger charge is -2.55. The van der Waals surface area contributed by atoms with Gasteiger partial charge in [-0.1, -0.05) is 18.2 Å². The number of ketones is 1. The third kappa shape index (κ3) is 3.80. The Bertz CT molecular complexity index is 798. The van der Waals surface area contributed by atoms with Gasteiger partial charge in [0.25, 0.3) is 0 Å². The van der Waals surface area contributed by atoms with Crippen molar-refractivity contribution in [3.05, 3.63) is 30.3 Å². The highest BCUT2D eigenvalue weighted by Crippen LogP contribution is 2.60. The van der Waals surface area contributed by atoms with Gasteiger partial charge < -0.3 is 4.74 Å². The summed E-state index contributed by atoms with van der Waals surface area (Å²) in [6.45, 7) is -0.733. The molecule has 7 heteroatoms. The molecule has 0 amide bonds. The van der Waals surface area contributed by atoms with Crippen molar-refractivity contribution in [2.24, 2.45) is 23.2 Å². The number of hydrogen-bond donors (Lipinski definition) is 1. The second-order valence-electron chi connectivity index (χ2n) is 8.42. The largest absolute Gasteiger partial charge is 0.457 e. The van der Waals surface area contributed by atoms with E-state index in [0.29, 0.717) is 17.8 Å². The minimum Gasteiger partial charge on any atom is -0.457 e. The minimum absolute atomic E-state index is 0.0147. The molecule has 0 radical (unpaired) electrons. The summed E-state index contributed by atoms with van der Waals surface area (Å²) in [5.74, 6) is 1.23. The molecule has 4 saturated carbocycles. The highest BCUT2D eigenvalue weighted by Gasteiger charge is 2.54. The molecule has 0 saturated heterocycles. The fourth-order valence-electron chi connectivity index (χ4n) is 5.64. The topological polar surface area (TPSA) is 89.5 Å². The number of hydrogen-bond acceptors (Lipinski definition) is 5. The Labute approximate surface area is 159 Å². The van der Waals surface area contributed by atoms with Gasteiger partial charge in [0.2, 0.25) is 10.0 Å². The highest BCUT2D eigenvalue weighted by molar-refractivity contribution is 7.89. The number of esters is 1. The summed E-state index contributed by atoms with van der Waals surface area (Å²) in [5, 5.41) is 0. The second kappa shape index (κ2) is 7.02. The lowest BCUT2D eigenvalue weighted by molar-refractivity contribution is -0.157. The molecule has 0 atom stereocenters. The first-order chi connectivity index (χ1) is 12.9. The predicted octanol–water partition coefficient (Wildman–Crippen LogP) is 2.29. The van der Waals surface area contributed by atoms with Crippen LogP contribution in [0.3, 0.4) is 0 Å². The van der Waals surface area contributed by atoms with Crippen LogP contribution in [0.2, 0.25) is 0 Å². The average Bonchev–Trinajstić information content (AvgIpc) is 2.64. The number of sulfonamides is 1. The van der Waals surface area contributed by atoms with Crippen molar-refractivity contribution >= 4 is 21.8 Å². The third-order valence-electron chi connectivity index (χ3n) is 6.45. The summed E-state index contributed by atoms with van der Waals surface area (Å²) in [4.78, 5) is 24.8. The summed E-state index contributed by atoms with van der Waals surface area (Å²) in [6.07, 6.45) is 6.51. The van der Waals surface area contributed by atoms with E-state index in [2.05, 4.69) is 4.72 Å². The van der Waals surface area contributed by atoms with E-state index < -0.39 is 22.5 Å². The quantitative estimate of drug-likeness (QED) is 0.721. The maximum absolute atomic E-state index is 12.8. The fourth-order valence-corrected chi connectivity index (χ4v) is 6.63. The number of ether oxygens (including phenoxy) is 1. The van der Waals surface area contributed by atoms with Crippen LogP contribution >= 0.6 is 0 Å². The van der Waals surface area contributed by atoms with Crippen LogP contribution in [0, 0.1) is 23.2 Å². The Hall–Kier alpha value is -1.73. The Balaban J connectivity index is 1.29. The molecule has 146 valence electrons. The van der Waals surface area contributed by atoms with Gasteiger partial charge in [-0.15, -0.1) is 0 Å². The van der Waals surface area contributed by atoms with Gasteiger partial charge in [-0.05, 0) is 68.4 Å². The van der Waals surface area contributed by atoms with E-state index in [1.54, 1.807) is 18.2 Å². The first kappa shape index (κ1) is 18.6. The maximum atomic E-state index is 12.8. The minimum atomic E-state index is -3.77. The standard InChI is InChI=1S/C20H25NO5S/c22-18(20-9-14-6-15(10-20)8-16(7-14)11-20)13-26-19(23)12-21-27(24,25)17-4-2-1-3-5-17/h1-5,14-16,21H,6-13H2. The van der Waals surface area contributed by atoms with Crippen molar-refractivity contribution < 1.29 is 22.7 Å². The van der Waals surface area contributed by atoms with Gasteiger partial charge in [0.1, 0.15) is 6.54 Å². The van der Waals surface area contributed by atoms with Gasteiger partial charge in [-0.25, -0.2) is 8.42 Å². The van der Waals surface area contributed by atoms with E-state index in [0.717, 1.165) is 19.3 Å². The Morgan fingerprint density at radius 2 is 1.56 bits per heavy atom. The molecular formula is C20H25NO5S. The number of rotatable bonds is 7. The first-order valence-corrected chi connectivity index (χ1v) is 11.1. The van der Waals surface area contributed by atoms with Crippen LogP contribution in [0.1, 0.15) is 38.5 Å². The Kier molecular flexibility index (Phi) is 4.84. The lowest BCUT2D eigenvalue weighted by atomic mass is 9.48. The molecule has 0 spiro atoms. The van der Waals surface area contributed by atoms with Crippen LogP contribution in [0.5, 0.6) is 0 Å². The molecule has 0 aliphatic heterocycles. The monoisotopic (exact) mass is 391 g/mol. The molecule has 5 rings (SSSR count). The number of carbonyl (C=O) groups is 2. The number of nitrogens with one attached hydrogen (secondary N) is 1. The van der Waals surface area contributed by atoms with E-state index in [9.17, 15) is 18.0 Å². The molecule has 4 fully saturated rings. The van der Waals surface area contributed by atoms with Crippen LogP contribution in [-0.4, -0.2) is 33.3 Å². The molecule has 27 heavy (non-hydrogen) atoms. The van der Waals surface area contributed by atoms with Crippen LogP contribution in [0.15, 0.2) is 35.2 Å². The Morgan fingerprint density at radius 3 is 2.11 bits per heavy atom. The van der Waals surface area contributed by atoms with Crippen LogP contribution < -0.4 is 4.72 Å². The molecular weight excluding hydrogens is 366 g/mol. The van der Waals surface area contributed by atoms with Gasteiger partial charge in [0.05, 0.1) is 4.90 Å². The van der Waals surface area contributed by atoms with Gasteiger partial charge in [-0.3, -0.25) is 9.59 Å². The van der Waals surface area contributed by atoms with E-state index in [-0.39, 0.29) is 22.7 Å². The molecule has 1 aromatic rings. The number of Topliss-reactive ketones (excluding diaryl/α,β-unsaturated/α-hetero) is 1. The molecule has 0 aromatic heterocycles. The zero-order valence-corrected chi connectivity index (χ0v) is 16.0. The van der Waals surface area contributed by atoms with Gasteiger partial charge >= 0.3 is 5.97 Å². The first-order valence-electron chi connectivity index (χ1n) is 9.60. The van der Waals surface area contributed by atoms with Crippen molar-refractivity contribution in [3.63, 3.8) is 0 Å². The SMILES string of the molecule is O=C(CNS(=O)(=O)c1ccccc1)OCC(=O)C12CC3CC(CC(C3)C1)C2. The van der Waals surface area contributed by atoms with E-state index in [1.165, 1.54) is 31.4 Å². The zero-order valence-electron chi connectivity index (χ0n) is 15.2. The maximum Gasteiger partial charge on any atom is 0.321 e. The van der Waals surface area contributed by atoms with E-state index in [1.807, 2.05) is 0 Å². The van der Waals surface area contributed by atoms with Crippen molar-refractivity contribution in [1.82, 2.24) is 4.72 Å². The van der Waals surface area contributed by atoms with Crippen molar-refractivity contribution in [2.45, 2.75) is 43.4 Å². The lowest BCUT2D eigenvalue weighted by Crippen LogP contribution is -2.51. The average molecular weight is 391 g/mol. The van der Waals surface area contributed by atoms with E-state index in [4.69, 9.17) is 4.74 Å². The van der Waals surface area contributed by atoms with Crippen molar-refractivity contribution in [1.29, 1.82) is 0 Å². The summed E-state index contributed by atoms with van der Waals surface area (Å²) in [6, 6.07) is 7.83. The fraction of sp³-hybridized carbons (Fsp3) is 0.600. The summed E-state index contributed by atoms with van der Waals surface area (Å²) in [5.41, 5.74) is -0.307. The molecule has 0 heterocycles. The molecule has 1 aromatic carbocycles. The zero-order chi connectivity index (χ0) is 19.1. The molecule has 4 aliphatic carbocycles.